The van der Waals surface area contributed by atoms with Crippen LogP contribution in [-0.4, -0.2) is 46.2 Å². The summed E-state index contributed by atoms with van der Waals surface area (Å²) < 4.78 is 0. The lowest BCUT2D eigenvalue weighted by molar-refractivity contribution is 0.106. The van der Waals surface area contributed by atoms with Gasteiger partial charge in [0.05, 0.1) is 5.69 Å². The predicted molar refractivity (Wildman–Crippen MR) is 103 cm³/mol. The molecule has 1 fully saturated rings. The molecule has 0 aliphatic carbocycles. The van der Waals surface area contributed by atoms with Crippen LogP contribution < -0.4 is 0 Å². The topological polar surface area (TPSA) is 35.2 Å². The van der Waals surface area contributed by atoms with Gasteiger partial charge in [0.25, 0.3) is 0 Å². The van der Waals surface area contributed by atoms with E-state index in [1.54, 1.807) is 0 Å². The van der Waals surface area contributed by atoms with E-state index in [-0.39, 0.29) is 0 Å². The molecule has 1 N–H and O–H groups in total. The van der Waals surface area contributed by atoms with Crippen LogP contribution in [0, 0.1) is 5.92 Å². The van der Waals surface area contributed by atoms with E-state index in [0.29, 0.717) is 12.0 Å². The zero-order valence-electron chi connectivity index (χ0n) is 15.9. The molecule has 0 unspecified atom stereocenters. The average molecular weight is 341 g/mol. The summed E-state index contributed by atoms with van der Waals surface area (Å²) in [5, 5.41) is 7.71. The van der Waals surface area contributed by atoms with E-state index >= 15 is 0 Å². The van der Waals surface area contributed by atoms with Crippen LogP contribution in [-0.2, 0) is 19.5 Å². The third-order valence-corrected chi connectivity index (χ3v) is 5.07. The van der Waals surface area contributed by atoms with E-state index in [9.17, 15) is 0 Å². The second kappa shape index (κ2) is 8.63. The van der Waals surface area contributed by atoms with Crippen molar-refractivity contribution in [3.05, 3.63) is 53.3 Å². The number of H-pyrrole nitrogens is 1. The maximum Gasteiger partial charge on any atom is 0.0628 e. The number of piperidine rings is 1. The third-order valence-electron chi connectivity index (χ3n) is 5.07. The first-order valence-electron chi connectivity index (χ1n) is 9.60. The molecule has 3 rings (SSSR count). The van der Waals surface area contributed by atoms with Crippen molar-refractivity contribution in [2.24, 2.45) is 5.92 Å². The average Bonchev–Trinajstić information content (AvgIpc) is 3.02. The van der Waals surface area contributed by atoms with Crippen LogP contribution in [0.5, 0.6) is 0 Å². The smallest absolute Gasteiger partial charge is 0.0628 e. The second-order valence-electron chi connectivity index (χ2n) is 7.91. The van der Waals surface area contributed by atoms with Gasteiger partial charge in [-0.05, 0) is 50.4 Å². The molecule has 136 valence electrons. The standard InChI is InChI=1S/C21H32N4/c1-17(2)12-19-13-20(23-22-19)15-25-11-7-10-21(16-25)24(3)14-18-8-5-4-6-9-18/h4-6,8-9,13,17,21H,7,10-12,14-16H2,1-3H3,(H,22,23)/t21-/m1/s1. The first kappa shape index (κ1) is 18.2. The fourth-order valence-electron chi connectivity index (χ4n) is 3.79. The molecule has 0 bridgehead atoms. The summed E-state index contributed by atoms with van der Waals surface area (Å²) in [5.74, 6) is 0.655. The molecular formula is C21H32N4. The van der Waals surface area contributed by atoms with Gasteiger partial charge in [-0.1, -0.05) is 44.2 Å². The summed E-state index contributed by atoms with van der Waals surface area (Å²) in [6.45, 7) is 8.83. The molecule has 4 nitrogen and oxygen atoms in total. The van der Waals surface area contributed by atoms with Crippen molar-refractivity contribution in [1.82, 2.24) is 20.0 Å². The van der Waals surface area contributed by atoms with Crippen molar-refractivity contribution in [2.75, 3.05) is 20.1 Å². The number of nitrogens with zero attached hydrogens (tertiary/aromatic N) is 3. The Morgan fingerprint density at radius 1 is 1.28 bits per heavy atom. The number of likely N-dealkylation sites (tertiary alicyclic amines) is 1. The molecule has 0 saturated carbocycles. The largest absolute Gasteiger partial charge is 0.298 e. The Hall–Kier alpha value is -1.65. The van der Waals surface area contributed by atoms with Crippen LogP contribution in [0.15, 0.2) is 36.4 Å². The van der Waals surface area contributed by atoms with E-state index in [0.717, 1.165) is 26.1 Å². The fourth-order valence-corrected chi connectivity index (χ4v) is 3.79. The van der Waals surface area contributed by atoms with Crippen LogP contribution in [0.3, 0.4) is 0 Å². The number of hydrogen-bond donors (Lipinski definition) is 1. The number of aromatic amines is 1. The maximum atomic E-state index is 4.47. The molecule has 25 heavy (non-hydrogen) atoms. The van der Waals surface area contributed by atoms with E-state index in [2.05, 4.69) is 77.3 Å². The summed E-state index contributed by atoms with van der Waals surface area (Å²) >= 11 is 0. The summed E-state index contributed by atoms with van der Waals surface area (Å²) in [4.78, 5) is 5.08. The lowest BCUT2D eigenvalue weighted by atomic mass is 10.0. The van der Waals surface area contributed by atoms with Crippen molar-refractivity contribution < 1.29 is 0 Å². The highest BCUT2D eigenvalue weighted by Gasteiger charge is 2.23. The Morgan fingerprint density at radius 3 is 2.84 bits per heavy atom. The van der Waals surface area contributed by atoms with Crippen molar-refractivity contribution >= 4 is 0 Å². The molecule has 0 spiro atoms. The van der Waals surface area contributed by atoms with E-state index < -0.39 is 0 Å². The summed E-state index contributed by atoms with van der Waals surface area (Å²) in [5.41, 5.74) is 3.84. The minimum atomic E-state index is 0.631. The zero-order valence-corrected chi connectivity index (χ0v) is 15.9. The van der Waals surface area contributed by atoms with E-state index in [1.807, 2.05) is 0 Å². The monoisotopic (exact) mass is 340 g/mol. The number of rotatable bonds is 7. The highest BCUT2D eigenvalue weighted by Crippen LogP contribution is 2.19. The minimum Gasteiger partial charge on any atom is -0.298 e. The molecule has 2 heterocycles. The molecule has 1 aliphatic rings. The molecule has 0 amide bonds. The van der Waals surface area contributed by atoms with Crippen molar-refractivity contribution in [3.63, 3.8) is 0 Å². The van der Waals surface area contributed by atoms with Crippen molar-refractivity contribution in [2.45, 2.75) is 52.2 Å². The molecule has 1 aliphatic heterocycles. The van der Waals surface area contributed by atoms with Gasteiger partial charge in [-0.2, -0.15) is 5.10 Å². The maximum absolute atomic E-state index is 4.47. The minimum absolute atomic E-state index is 0.631. The van der Waals surface area contributed by atoms with Gasteiger partial charge in [-0.25, -0.2) is 0 Å². The number of likely N-dealkylation sites (N-methyl/N-ethyl adjacent to an activating group) is 1. The van der Waals surface area contributed by atoms with Crippen LogP contribution in [0.25, 0.3) is 0 Å². The molecule has 1 saturated heterocycles. The lowest BCUT2D eigenvalue weighted by Crippen LogP contribution is -2.45. The van der Waals surface area contributed by atoms with Gasteiger partial charge < -0.3 is 0 Å². The number of aromatic nitrogens is 2. The van der Waals surface area contributed by atoms with Gasteiger partial charge in [0, 0.05) is 31.4 Å². The van der Waals surface area contributed by atoms with E-state index in [4.69, 9.17) is 0 Å². The molecule has 4 heteroatoms. The van der Waals surface area contributed by atoms with Crippen LogP contribution in [0.2, 0.25) is 0 Å². The van der Waals surface area contributed by atoms with Gasteiger partial charge in [0.1, 0.15) is 0 Å². The predicted octanol–water partition coefficient (Wildman–Crippen LogP) is 3.70. The number of hydrogen-bond acceptors (Lipinski definition) is 3. The van der Waals surface area contributed by atoms with Crippen molar-refractivity contribution in [3.8, 4) is 0 Å². The lowest BCUT2D eigenvalue weighted by Gasteiger charge is -2.37. The highest BCUT2D eigenvalue weighted by molar-refractivity contribution is 5.14. The molecule has 2 aromatic rings. The Morgan fingerprint density at radius 2 is 2.08 bits per heavy atom. The van der Waals surface area contributed by atoms with Gasteiger partial charge in [0.15, 0.2) is 0 Å². The van der Waals surface area contributed by atoms with Crippen LogP contribution in [0.1, 0.15) is 43.6 Å². The Bertz CT molecular complexity index is 634. The quantitative estimate of drug-likeness (QED) is 0.834. The Kier molecular flexibility index (Phi) is 6.27. The molecule has 1 atom stereocenters. The third kappa shape index (κ3) is 5.41. The molecular weight excluding hydrogens is 308 g/mol. The zero-order chi connectivity index (χ0) is 17.6. The number of nitrogens with one attached hydrogen (secondary N) is 1. The molecule has 0 radical (unpaired) electrons. The SMILES string of the molecule is CC(C)Cc1cc(CN2CCC[C@@H](N(C)Cc3ccccc3)C2)[nH]n1. The molecule has 1 aromatic heterocycles. The van der Waals surface area contributed by atoms with Gasteiger partial charge >= 0.3 is 0 Å². The second-order valence-corrected chi connectivity index (χ2v) is 7.91. The summed E-state index contributed by atoms with van der Waals surface area (Å²) in [6, 6.07) is 13.7. The van der Waals surface area contributed by atoms with Crippen molar-refractivity contribution in [1.29, 1.82) is 0 Å². The Balaban J connectivity index is 1.53. The summed E-state index contributed by atoms with van der Waals surface area (Å²) in [7, 11) is 2.26. The first-order valence-corrected chi connectivity index (χ1v) is 9.60. The Labute approximate surface area is 152 Å². The first-order chi connectivity index (χ1) is 12.1. The van der Waals surface area contributed by atoms with Crippen LogP contribution >= 0.6 is 0 Å². The normalized spacial score (nSPS) is 19.0. The van der Waals surface area contributed by atoms with Crippen LogP contribution in [0.4, 0.5) is 0 Å². The highest BCUT2D eigenvalue weighted by atomic mass is 15.2. The van der Waals surface area contributed by atoms with E-state index in [1.165, 1.54) is 36.3 Å². The van der Waals surface area contributed by atoms with Gasteiger partial charge in [-0.3, -0.25) is 14.9 Å². The summed E-state index contributed by atoms with van der Waals surface area (Å²) in [6.07, 6.45) is 3.62. The molecule has 1 aromatic carbocycles. The van der Waals surface area contributed by atoms with Gasteiger partial charge in [0.2, 0.25) is 0 Å². The van der Waals surface area contributed by atoms with Gasteiger partial charge in [-0.15, -0.1) is 0 Å². The fraction of sp³-hybridized carbons (Fsp3) is 0.571. The number of benzene rings is 1.